The summed E-state index contributed by atoms with van der Waals surface area (Å²) >= 11 is 0. The minimum atomic E-state index is -1.59. The van der Waals surface area contributed by atoms with Crippen molar-refractivity contribution in [3.8, 4) is 0 Å². The molecule has 0 radical (unpaired) electrons. The largest absolute Gasteiger partial charge is 0.393 e. The molecule has 1 aliphatic rings. The van der Waals surface area contributed by atoms with Crippen molar-refractivity contribution in [2.75, 3.05) is 6.61 Å². The summed E-state index contributed by atoms with van der Waals surface area (Å²) in [5.41, 5.74) is -1.59. The van der Waals surface area contributed by atoms with E-state index < -0.39 is 18.3 Å². The average Bonchev–Trinajstić information content (AvgIpc) is 3.11. The number of rotatable bonds is 14. The number of allylic oxidation sites excluding steroid dienone is 4. The maximum absolute atomic E-state index is 9.99. The third-order valence-electron chi connectivity index (χ3n) is 6.10. The van der Waals surface area contributed by atoms with E-state index in [-0.39, 0.29) is 0 Å². The smallest absolute Gasteiger partial charge is 0.131 e. The van der Waals surface area contributed by atoms with Crippen LogP contribution in [0.1, 0.15) is 78.1 Å². The first-order chi connectivity index (χ1) is 13.0. The fraction of sp³-hybridized carbons (Fsp3) is 0.750. The first-order valence-corrected chi connectivity index (χ1v) is 10.9. The van der Waals surface area contributed by atoms with Crippen molar-refractivity contribution < 1.29 is 15.3 Å². The van der Waals surface area contributed by atoms with Gasteiger partial charge in [-0.2, -0.15) is 0 Å². The van der Waals surface area contributed by atoms with Crippen molar-refractivity contribution >= 4 is 0 Å². The molecule has 3 unspecified atom stereocenters. The van der Waals surface area contributed by atoms with E-state index in [4.69, 9.17) is 0 Å². The van der Waals surface area contributed by atoms with Crippen molar-refractivity contribution in [1.82, 2.24) is 0 Å². The lowest BCUT2D eigenvalue weighted by molar-refractivity contribution is -0.0731. The van der Waals surface area contributed by atoms with E-state index in [0.29, 0.717) is 18.8 Å². The van der Waals surface area contributed by atoms with Gasteiger partial charge in [-0.1, -0.05) is 63.5 Å². The van der Waals surface area contributed by atoms with Crippen molar-refractivity contribution in [1.29, 1.82) is 0 Å². The molecule has 1 saturated carbocycles. The summed E-state index contributed by atoms with van der Waals surface area (Å²) in [7, 11) is 0. The first-order valence-electron chi connectivity index (χ1n) is 10.9. The average molecular weight is 379 g/mol. The number of aliphatic hydroxyl groups excluding tert-OH is 2. The second kappa shape index (κ2) is 13.3. The predicted molar refractivity (Wildman–Crippen MR) is 115 cm³/mol. The predicted octanol–water partition coefficient (Wildman–Crippen LogP) is 5.17. The fourth-order valence-corrected chi connectivity index (χ4v) is 4.10. The molecule has 1 aliphatic carbocycles. The Kier molecular flexibility index (Phi) is 11.9. The summed E-state index contributed by atoms with van der Waals surface area (Å²) < 4.78 is 0. The Morgan fingerprint density at radius 1 is 1.11 bits per heavy atom. The van der Waals surface area contributed by atoms with Crippen LogP contribution in [0, 0.1) is 17.8 Å². The van der Waals surface area contributed by atoms with E-state index in [1.165, 1.54) is 51.0 Å². The van der Waals surface area contributed by atoms with E-state index in [1.807, 2.05) is 0 Å². The molecule has 0 amide bonds. The van der Waals surface area contributed by atoms with Gasteiger partial charge in [0.2, 0.25) is 0 Å². The molecule has 0 aliphatic heterocycles. The zero-order valence-corrected chi connectivity index (χ0v) is 17.5. The van der Waals surface area contributed by atoms with Gasteiger partial charge >= 0.3 is 0 Å². The van der Waals surface area contributed by atoms with Gasteiger partial charge in [0.05, 0.1) is 12.7 Å². The molecule has 27 heavy (non-hydrogen) atoms. The highest BCUT2D eigenvalue weighted by Crippen LogP contribution is 2.35. The standard InChI is InChI=1S/C24H42O3/c1-4-12-20(3)13-9-10-15-22-17-11-16-21(22)14-7-6-8-18-23(26)24(27,5-2)19-25/h5-7,10,15,20-23,25-27H,2,4,8-9,11-14,16-19H2,1,3H3/b7-6-,15-10+/t20?,21-,22-,23?,24?/m0/s1. The summed E-state index contributed by atoms with van der Waals surface area (Å²) in [5.74, 6) is 2.28. The number of hydrogen-bond donors (Lipinski definition) is 3. The summed E-state index contributed by atoms with van der Waals surface area (Å²) in [6.07, 6.45) is 20.7. The fourth-order valence-electron chi connectivity index (χ4n) is 4.10. The molecule has 0 aromatic heterocycles. The molecule has 0 heterocycles. The molecule has 3 N–H and O–H groups in total. The molecule has 5 atom stereocenters. The summed E-state index contributed by atoms with van der Waals surface area (Å²) in [6.45, 7) is 7.59. The Labute approximate surface area is 166 Å². The van der Waals surface area contributed by atoms with Crippen LogP contribution in [0.5, 0.6) is 0 Å². The molecule has 1 fully saturated rings. The molecular weight excluding hydrogens is 336 g/mol. The van der Waals surface area contributed by atoms with Gasteiger partial charge in [0, 0.05) is 0 Å². The number of aliphatic hydroxyl groups is 3. The van der Waals surface area contributed by atoms with Crippen LogP contribution in [0.3, 0.4) is 0 Å². The minimum absolute atomic E-state index is 0.420. The zero-order valence-electron chi connectivity index (χ0n) is 17.5. The molecule has 0 saturated heterocycles. The highest BCUT2D eigenvalue weighted by atomic mass is 16.4. The lowest BCUT2D eigenvalue weighted by Crippen LogP contribution is -2.43. The minimum Gasteiger partial charge on any atom is -0.393 e. The normalized spacial score (nSPS) is 25.1. The Morgan fingerprint density at radius 3 is 2.52 bits per heavy atom. The van der Waals surface area contributed by atoms with Crippen molar-refractivity contribution in [2.45, 2.75) is 89.8 Å². The molecule has 3 heteroatoms. The molecule has 3 nitrogen and oxygen atoms in total. The summed E-state index contributed by atoms with van der Waals surface area (Å²) in [4.78, 5) is 0. The Morgan fingerprint density at radius 2 is 1.85 bits per heavy atom. The lowest BCUT2D eigenvalue weighted by Gasteiger charge is -2.27. The molecule has 0 bridgehead atoms. The van der Waals surface area contributed by atoms with Crippen LogP contribution in [0.4, 0.5) is 0 Å². The molecular formula is C24H42O3. The van der Waals surface area contributed by atoms with E-state index in [0.717, 1.165) is 18.3 Å². The SMILES string of the molecule is C=CC(O)(CO)C(O)CC/C=C\C[C@H]1CCC[C@@H]1/C=C/CCC(C)CCC. The maximum atomic E-state index is 9.99. The quantitative estimate of drug-likeness (QED) is 0.365. The van der Waals surface area contributed by atoms with Crippen LogP contribution < -0.4 is 0 Å². The van der Waals surface area contributed by atoms with Gasteiger partial charge in [0.15, 0.2) is 0 Å². The Hall–Kier alpha value is -0.900. The Bertz CT molecular complexity index is 457. The zero-order chi connectivity index (χ0) is 20.1. The van der Waals surface area contributed by atoms with Gasteiger partial charge in [-0.15, -0.1) is 6.58 Å². The van der Waals surface area contributed by atoms with Gasteiger partial charge in [-0.25, -0.2) is 0 Å². The Balaban J connectivity index is 2.30. The topological polar surface area (TPSA) is 60.7 Å². The van der Waals surface area contributed by atoms with E-state index in [2.05, 4.69) is 44.7 Å². The molecule has 156 valence electrons. The number of hydrogen-bond acceptors (Lipinski definition) is 3. The van der Waals surface area contributed by atoms with Crippen molar-refractivity contribution in [3.05, 3.63) is 37.0 Å². The van der Waals surface area contributed by atoms with Gasteiger partial charge in [-0.05, 0) is 62.7 Å². The third-order valence-corrected chi connectivity index (χ3v) is 6.10. The maximum Gasteiger partial charge on any atom is 0.131 e. The van der Waals surface area contributed by atoms with E-state index in [1.54, 1.807) is 0 Å². The van der Waals surface area contributed by atoms with Crippen LogP contribution in [0.25, 0.3) is 0 Å². The van der Waals surface area contributed by atoms with Crippen LogP contribution >= 0.6 is 0 Å². The van der Waals surface area contributed by atoms with Crippen molar-refractivity contribution in [3.63, 3.8) is 0 Å². The van der Waals surface area contributed by atoms with E-state index >= 15 is 0 Å². The van der Waals surface area contributed by atoms with Gasteiger partial charge in [0.1, 0.15) is 5.60 Å². The highest BCUT2D eigenvalue weighted by molar-refractivity contribution is 5.02. The van der Waals surface area contributed by atoms with Crippen LogP contribution in [-0.2, 0) is 0 Å². The highest BCUT2D eigenvalue weighted by Gasteiger charge is 2.30. The van der Waals surface area contributed by atoms with Crippen LogP contribution in [0.15, 0.2) is 37.0 Å². The van der Waals surface area contributed by atoms with Crippen LogP contribution in [0.2, 0.25) is 0 Å². The second-order valence-electron chi connectivity index (χ2n) is 8.41. The molecule has 0 spiro atoms. The third kappa shape index (κ3) is 8.76. The van der Waals surface area contributed by atoms with Gasteiger partial charge < -0.3 is 15.3 Å². The van der Waals surface area contributed by atoms with Gasteiger partial charge in [-0.3, -0.25) is 0 Å². The lowest BCUT2D eigenvalue weighted by atomic mass is 9.91. The molecule has 0 aromatic rings. The van der Waals surface area contributed by atoms with E-state index in [9.17, 15) is 15.3 Å². The van der Waals surface area contributed by atoms with Gasteiger partial charge in [0.25, 0.3) is 0 Å². The first kappa shape index (κ1) is 24.1. The summed E-state index contributed by atoms with van der Waals surface area (Å²) in [6, 6.07) is 0. The van der Waals surface area contributed by atoms with Crippen LogP contribution in [-0.4, -0.2) is 33.6 Å². The molecule has 1 rings (SSSR count). The molecule has 0 aromatic carbocycles. The monoisotopic (exact) mass is 378 g/mol. The second-order valence-corrected chi connectivity index (χ2v) is 8.41. The summed E-state index contributed by atoms with van der Waals surface area (Å²) in [5, 5.41) is 29.1. The van der Waals surface area contributed by atoms with Crippen molar-refractivity contribution in [2.24, 2.45) is 17.8 Å².